The Morgan fingerprint density at radius 2 is 2.26 bits per heavy atom. The van der Waals surface area contributed by atoms with Gasteiger partial charge in [0, 0.05) is 18.9 Å². The average molecular weight is 260 g/mol. The van der Waals surface area contributed by atoms with Gasteiger partial charge >= 0.3 is 5.97 Å². The number of hydrogen-bond donors (Lipinski definition) is 1. The minimum atomic E-state index is -0.677. The van der Waals surface area contributed by atoms with E-state index in [1.165, 1.54) is 19.2 Å². The van der Waals surface area contributed by atoms with E-state index in [0.717, 1.165) is 11.3 Å². The van der Waals surface area contributed by atoms with Gasteiger partial charge in [0.1, 0.15) is 5.82 Å². The highest BCUT2D eigenvalue weighted by Gasteiger charge is 2.11. The summed E-state index contributed by atoms with van der Waals surface area (Å²) < 4.78 is 18.2. The van der Waals surface area contributed by atoms with E-state index in [1.807, 2.05) is 12.1 Å². The number of rotatable bonds is 4. The van der Waals surface area contributed by atoms with E-state index in [0.29, 0.717) is 6.54 Å². The molecule has 19 heavy (non-hydrogen) atoms. The molecule has 4 nitrogen and oxygen atoms in total. The second kappa shape index (κ2) is 5.95. The van der Waals surface area contributed by atoms with E-state index in [2.05, 4.69) is 15.0 Å². The van der Waals surface area contributed by atoms with Gasteiger partial charge in [-0.1, -0.05) is 6.07 Å². The molecule has 0 atom stereocenters. The molecule has 5 heteroatoms. The summed E-state index contributed by atoms with van der Waals surface area (Å²) in [6.07, 6.45) is 3.36. The number of anilines is 1. The van der Waals surface area contributed by atoms with Crippen LogP contribution in [0, 0.1) is 5.82 Å². The van der Waals surface area contributed by atoms with E-state index < -0.39 is 11.8 Å². The van der Waals surface area contributed by atoms with Crippen molar-refractivity contribution >= 4 is 11.7 Å². The Hall–Kier alpha value is -2.43. The molecule has 0 fully saturated rings. The van der Waals surface area contributed by atoms with Gasteiger partial charge in [-0.15, -0.1) is 0 Å². The Morgan fingerprint density at radius 1 is 1.42 bits per heavy atom. The molecule has 0 unspecified atom stereocenters. The first-order valence-corrected chi connectivity index (χ1v) is 5.71. The Labute approximate surface area is 110 Å². The van der Waals surface area contributed by atoms with Gasteiger partial charge in [0.25, 0.3) is 0 Å². The summed E-state index contributed by atoms with van der Waals surface area (Å²) in [4.78, 5) is 15.2. The van der Waals surface area contributed by atoms with Crippen molar-refractivity contribution in [2.24, 2.45) is 0 Å². The molecule has 1 aromatic carbocycles. The summed E-state index contributed by atoms with van der Waals surface area (Å²) in [7, 11) is 1.22. The van der Waals surface area contributed by atoms with Crippen molar-refractivity contribution in [3.8, 4) is 0 Å². The summed E-state index contributed by atoms with van der Waals surface area (Å²) >= 11 is 0. The molecule has 0 aliphatic carbocycles. The number of nitrogens with zero attached hydrogens (tertiary/aromatic N) is 1. The zero-order valence-electron chi connectivity index (χ0n) is 10.4. The average Bonchev–Trinajstić information content (AvgIpc) is 2.45. The van der Waals surface area contributed by atoms with Gasteiger partial charge in [0.2, 0.25) is 0 Å². The van der Waals surface area contributed by atoms with E-state index in [1.54, 1.807) is 18.5 Å². The summed E-state index contributed by atoms with van der Waals surface area (Å²) in [5.74, 6) is -1.26. The number of carbonyl (C=O) groups is 1. The molecule has 0 aliphatic rings. The van der Waals surface area contributed by atoms with Gasteiger partial charge in [-0.25, -0.2) is 9.18 Å². The molecule has 1 heterocycles. The predicted molar refractivity (Wildman–Crippen MR) is 69.3 cm³/mol. The highest BCUT2D eigenvalue weighted by atomic mass is 19.1. The van der Waals surface area contributed by atoms with Crippen LogP contribution in [0.2, 0.25) is 0 Å². The zero-order valence-corrected chi connectivity index (χ0v) is 10.4. The molecule has 0 saturated heterocycles. The maximum Gasteiger partial charge on any atom is 0.340 e. The fraction of sp³-hybridized carbons (Fsp3) is 0.143. The van der Waals surface area contributed by atoms with Crippen molar-refractivity contribution in [3.05, 3.63) is 59.7 Å². The molecule has 0 amide bonds. The van der Waals surface area contributed by atoms with Gasteiger partial charge in [-0.3, -0.25) is 4.98 Å². The summed E-state index contributed by atoms with van der Waals surface area (Å²) in [6, 6.07) is 8.09. The topological polar surface area (TPSA) is 51.2 Å². The highest BCUT2D eigenvalue weighted by Crippen LogP contribution is 2.13. The van der Waals surface area contributed by atoms with Crippen LogP contribution in [0.5, 0.6) is 0 Å². The number of nitrogens with one attached hydrogen (secondary N) is 1. The van der Waals surface area contributed by atoms with Crippen LogP contribution in [0.15, 0.2) is 42.7 Å². The minimum Gasteiger partial charge on any atom is -0.465 e. The molecule has 2 rings (SSSR count). The molecule has 0 spiro atoms. The zero-order chi connectivity index (χ0) is 13.7. The third-order valence-electron chi connectivity index (χ3n) is 2.60. The number of esters is 1. The summed E-state index contributed by atoms with van der Waals surface area (Å²) in [6.45, 7) is 0.448. The Bertz CT molecular complexity index is 573. The first kappa shape index (κ1) is 13.0. The first-order chi connectivity index (χ1) is 9.20. The highest BCUT2D eigenvalue weighted by molar-refractivity contribution is 5.89. The van der Waals surface area contributed by atoms with Crippen LogP contribution in [0.25, 0.3) is 0 Å². The number of hydrogen-bond acceptors (Lipinski definition) is 4. The molecule has 1 aromatic heterocycles. The van der Waals surface area contributed by atoms with E-state index in [4.69, 9.17) is 0 Å². The lowest BCUT2D eigenvalue weighted by Crippen LogP contribution is -2.06. The van der Waals surface area contributed by atoms with Gasteiger partial charge < -0.3 is 10.1 Å². The summed E-state index contributed by atoms with van der Waals surface area (Å²) in [5, 5.41) is 3.11. The van der Waals surface area contributed by atoms with E-state index >= 15 is 0 Å². The third kappa shape index (κ3) is 3.28. The number of pyridine rings is 1. The number of halogens is 1. The quantitative estimate of drug-likeness (QED) is 0.858. The van der Waals surface area contributed by atoms with Crippen LogP contribution in [0.4, 0.5) is 10.1 Å². The molecule has 1 N–H and O–H groups in total. The standard InChI is InChI=1S/C14H13FN2O2/c1-19-14(18)12-5-4-10(7-13(12)15)8-17-11-3-2-6-16-9-11/h2-7,9,17H,8H2,1H3. The van der Waals surface area contributed by atoms with Gasteiger partial charge in [-0.05, 0) is 29.8 Å². The van der Waals surface area contributed by atoms with Crippen LogP contribution in [-0.2, 0) is 11.3 Å². The normalized spacial score (nSPS) is 10.0. The van der Waals surface area contributed by atoms with Gasteiger partial charge in [-0.2, -0.15) is 0 Å². The maximum atomic E-state index is 13.7. The van der Waals surface area contributed by atoms with Crippen molar-refractivity contribution in [2.75, 3.05) is 12.4 Å². The number of methoxy groups -OCH3 is 1. The monoisotopic (exact) mass is 260 g/mol. The summed E-state index contributed by atoms with van der Waals surface area (Å²) in [5.41, 5.74) is 1.52. The molecular weight excluding hydrogens is 247 g/mol. The fourth-order valence-electron chi connectivity index (χ4n) is 1.62. The largest absolute Gasteiger partial charge is 0.465 e. The van der Waals surface area contributed by atoms with Crippen molar-refractivity contribution in [1.82, 2.24) is 4.98 Å². The second-order valence-corrected chi connectivity index (χ2v) is 3.90. The molecule has 0 bridgehead atoms. The Morgan fingerprint density at radius 3 is 2.89 bits per heavy atom. The van der Waals surface area contributed by atoms with Gasteiger partial charge in [0.15, 0.2) is 0 Å². The van der Waals surface area contributed by atoms with Crippen molar-refractivity contribution in [2.45, 2.75) is 6.54 Å². The van der Waals surface area contributed by atoms with Crippen LogP contribution in [0.1, 0.15) is 15.9 Å². The molecule has 0 saturated carbocycles. The molecular formula is C14H13FN2O2. The Balaban J connectivity index is 2.06. The SMILES string of the molecule is COC(=O)c1ccc(CNc2cccnc2)cc1F. The molecule has 0 radical (unpaired) electrons. The number of carbonyl (C=O) groups excluding carboxylic acids is 1. The van der Waals surface area contributed by atoms with Crippen molar-refractivity contribution in [1.29, 1.82) is 0 Å². The maximum absolute atomic E-state index is 13.7. The molecule has 98 valence electrons. The number of benzene rings is 1. The second-order valence-electron chi connectivity index (χ2n) is 3.90. The van der Waals surface area contributed by atoms with Gasteiger partial charge in [0.05, 0.1) is 18.4 Å². The smallest absolute Gasteiger partial charge is 0.340 e. The lowest BCUT2D eigenvalue weighted by atomic mass is 10.1. The lowest BCUT2D eigenvalue weighted by molar-refractivity contribution is 0.0595. The lowest BCUT2D eigenvalue weighted by Gasteiger charge is -2.07. The van der Waals surface area contributed by atoms with Crippen LogP contribution in [-0.4, -0.2) is 18.1 Å². The Kier molecular flexibility index (Phi) is 4.07. The minimum absolute atomic E-state index is 0.0624. The van der Waals surface area contributed by atoms with E-state index in [-0.39, 0.29) is 5.56 Å². The van der Waals surface area contributed by atoms with E-state index in [9.17, 15) is 9.18 Å². The molecule has 0 aliphatic heterocycles. The fourth-order valence-corrected chi connectivity index (χ4v) is 1.62. The third-order valence-corrected chi connectivity index (χ3v) is 2.60. The first-order valence-electron chi connectivity index (χ1n) is 5.71. The molecule has 2 aromatic rings. The number of aromatic nitrogens is 1. The van der Waals surface area contributed by atoms with Crippen LogP contribution in [0.3, 0.4) is 0 Å². The van der Waals surface area contributed by atoms with Crippen LogP contribution >= 0.6 is 0 Å². The predicted octanol–water partition coefficient (Wildman–Crippen LogP) is 2.62. The van der Waals surface area contributed by atoms with Crippen LogP contribution < -0.4 is 5.32 Å². The number of ether oxygens (including phenoxy) is 1. The van der Waals surface area contributed by atoms with Crippen molar-refractivity contribution < 1.29 is 13.9 Å². The van der Waals surface area contributed by atoms with Crippen molar-refractivity contribution in [3.63, 3.8) is 0 Å².